The molecule has 0 aliphatic carbocycles. The third-order valence-corrected chi connectivity index (χ3v) is 3.51. The summed E-state index contributed by atoms with van der Waals surface area (Å²) in [7, 11) is 3.33. The Morgan fingerprint density at radius 1 is 1.24 bits per heavy atom. The van der Waals surface area contributed by atoms with Gasteiger partial charge in [-0.1, -0.05) is 6.92 Å². The van der Waals surface area contributed by atoms with E-state index in [9.17, 15) is 0 Å². The van der Waals surface area contributed by atoms with Crippen molar-refractivity contribution in [3.63, 3.8) is 0 Å². The lowest BCUT2D eigenvalue weighted by atomic mass is 10.0. The van der Waals surface area contributed by atoms with E-state index in [-0.39, 0.29) is 6.04 Å². The zero-order valence-corrected chi connectivity index (χ0v) is 13.1. The highest BCUT2D eigenvalue weighted by molar-refractivity contribution is 5.44. The van der Waals surface area contributed by atoms with Gasteiger partial charge in [0.1, 0.15) is 17.3 Å². The molecule has 0 radical (unpaired) electrons. The first-order valence-electron chi connectivity index (χ1n) is 7.21. The SMILES string of the molecule is CCNC(c1ccc(OC)cc1OC)c1nccn1CC. The average molecular weight is 289 g/mol. The summed E-state index contributed by atoms with van der Waals surface area (Å²) in [5.41, 5.74) is 1.06. The van der Waals surface area contributed by atoms with Crippen molar-refractivity contribution in [2.24, 2.45) is 0 Å². The minimum atomic E-state index is -0.00851. The van der Waals surface area contributed by atoms with Gasteiger partial charge in [0, 0.05) is 30.6 Å². The van der Waals surface area contributed by atoms with Crippen molar-refractivity contribution < 1.29 is 9.47 Å². The van der Waals surface area contributed by atoms with Crippen LogP contribution in [0.1, 0.15) is 31.3 Å². The number of nitrogens with one attached hydrogen (secondary N) is 1. The summed E-state index contributed by atoms with van der Waals surface area (Å²) in [5, 5.41) is 3.48. The van der Waals surface area contributed by atoms with E-state index in [0.29, 0.717) is 0 Å². The van der Waals surface area contributed by atoms with Crippen molar-refractivity contribution in [3.8, 4) is 11.5 Å². The van der Waals surface area contributed by atoms with Crippen LogP contribution in [0, 0.1) is 0 Å². The predicted octanol–water partition coefficient (Wildman–Crippen LogP) is 2.62. The van der Waals surface area contributed by atoms with Crippen LogP contribution in [0.15, 0.2) is 30.6 Å². The fraction of sp³-hybridized carbons (Fsp3) is 0.438. The zero-order chi connectivity index (χ0) is 15.2. The molecule has 21 heavy (non-hydrogen) atoms. The topological polar surface area (TPSA) is 48.3 Å². The van der Waals surface area contributed by atoms with Crippen LogP contribution < -0.4 is 14.8 Å². The third kappa shape index (κ3) is 3.19. The molecule has 1 unspecified atom stereocenters. The van der Waals surface area contributed by atoms with Crippen LogP contribution in [-0.2, 0) is 6.54 Å². The van der Waals surface area contributed by atoms with E-state index in [1.54, 1.807) is 14.2 Å². The summed E-state index contributed by atoms with van der Waals surface area (Å²) < 4.78 is 12.9. The molecule has 0 aliphatic rings. The molecule has 0 amide bonds. The van der Waals surface area contributed by atoms with Gasteiger partial charge in [-0.15, -0.1) is 0 Å². The smallest absolute Gasteiger partial charge is 0.130 e. The molecule has 0 saturated carbocycles. The van der Waals surface area contributed by atoms with E-state index in [1.807, 2.05) is 30.6 Å². The summed E-state index contributed by atoms with van der Waals surface area (Å²) in [6, 6.07) is 5.87. The maximum atomic E-state index is 5.53. The van der Waals surface area contributed by atoms with E-state index in [0.717, 1.165) is 36.0 Å². The van der Waals surface area contributed by atoms with E-state index in [1.165, 1.54) is 0 Å². The number of rotatable bonds is 7. The van der Waals surface area contributed by atoms with Crippen LogP contribution in [0.25, 0.3) is 0 Å². The number of methoxy groups -OCH3 is 2. The molecule has 5 heteroatoms. The van der Waals surface area contributed by atoms with Crippen LogP contribution in [0.5, 0.6) is 11.5 Å². The Bertz CT molecular complexity index is 581. The highest BCUT2D eigenvalue weighted by Crippen LogP contribution is 2.32. The molecule has 0 saturated heterocycles. The molecule has 1 aromatic carbocycles. The molecule has 1 aromatic heterocycles. The van der Waals surface area contributed by atoms with Crippen LogP contribution in [0.3, 0.4) is 0 Å². The largest absolute Gasteiger partial charge is 0.497 e. The molecular weight excluding hydrogens is 266 g/mol. The summed E-state index contributed by atoms with van der Waals surface area (Å²) >= 11 is 0. The first kappa shape index (κ1) is 15.4. The van der Waals surface area contributed by atoms with Gasteiger partial charge in [0.05, 0.1) is 20.3 Å². The lowest BCUT2D eigenvalue weighted by Gasteiger charge is -2.21. The molecular formula is C16H23N3O2. The number of hydrogen-bond acceptors (Lipinski definition) is 4. The van der Waals surface area contributed by atoms with Crippen LogP contribution in [0.2, 0.25) is 0 Å². The number of imidazole rings is 1. The van der Waals surface area contributed by atoms with Gasteiger partial charge >= 0.3 is 0 Å². The van der Waals surface area contributed by atoms with E-state index >= 15 is 0 Å². The monoisotopic (exact) mass is 289 g/mol. The lowest BCUT2D eigenvalue weighted by Crippen LogP contribution is -2.25. The number of benzene rings is 1. The Morgan fingerprint density at radius 2 is 2.05 bits per heavy atom. The quantitative estimate of drug-likeness (QED) is 0.851. The highest BCUT2D eigenvalue weighted by atomic mass is 16.5. The van der Waals surface area contributed by atoms with E-state index in [4.69, 9.17) is 9.47 Å². The third-order valence-electron chi connectivity index (χ3n) is 3.51. The molecule has 2 rings (SSSR count). The number of ether oxygens (including phenoxy) is 2. The van der Waals surface area contributed by atoms with Gasteiger partial charge in [-0.2, -0.15) is 0 Å². The van der Waals surface area contributed by atoms with Gasteiger partial charge in [0.15, 0.2) is 0 Å². The highest BCUT2D eigenvalue weighted by Gasteiger charge is 2.21. The van der Waals surface area contributed by atoms with Crippen LogP contribution in [0.4, 0.5) is 0 Å². The molecule has 1 heterocycles. The summed E-state index contributed by atoms with van der Waals surface area (Å²) in [5.74, 6) is 2.57. The number of aryl methyl sites for hydroxylation is 1. The Morgan fingerprint density at radius 3 is 2.67 bits per heavy atom. The lowest BCUT2D eigenvalue weighted by molar-refractivity contribution is 0.386. The van der Waals surface area contributed by atoms with E-state index < -0.39 is 0 Å². The normalized spacial score (nSPS) is 12.2. The minimum absolute atomic E-state index is 0.00851. The van der Waals surface area contributed by atoms with Gasteiger partial charge in [-0.05, 0) is 25.6 Å². The average Bonchev–Trinajstić information content (AvgIpc) is 3.00. The summed E-state index contributed by atoms with van der Waals surface area (Å²) in [6.07, 6.45) is 3.83. The second-order valence-corrected chi connectivity index (χ2v) is 4.67. The van der Waals surface area contributed by atoms with Gasteiger partial charge in [0.25, 0.3) is 0 Å². The van der Waals surface area contributed by atoms with Gasteiger partial charge in [-0.25, -0.2) is 4.98 Å². The second-order valence-electron chi connectivity index (χ2n) is 4.67. The van der Waals surface area contributed by atoms with Crippen molar-refractivity contribution in [1.29, 1.82) is 0 Å². The van der Waals surface area contributed by atoms with Crippen LogP contribution in [-0.4, -0.2) is 30.3 Å². The fourth-order valence-electron chi connectivity index (χ4n) is 2.45. The van der Waals surface area contributed by atoms with Crippen molar-refractivity contribution in [3.05, 3.63) is 42.0 Å². The van der Waals surface area contributed by atoms with Crippen molar-refractivity contribution >= 4 is 0 Å². The molecule has 0 spiro atoms. The Kier molecular flexibility index (Phi) is 5.22. The van der Waals surface area contributed by atoms with Gasteiger partial charge < -0.3 is 19.4 Å². The first-order chi connectivity index (χ1) is 10.2. The molecule has 0 bridgehead atoms. The standard InChI is InChI=1S/C16H23N3O2/c1-5-17-15(16-18-9-10-19(16)6-2)13-8-7-12(20-3)11-14(13)21-4/h7-11,15,17H,5-6H2,1-4H3. The van der Waals surface area contributed by atoms with Crippen molar-refractivity contribution in [2.75, 3.05) is 20.8 Å². The number of hydrogen-bond donors (Lipinski definition) is 1. The molecule has 0 fully saturated rings. The zero-order valence-electron chi connectivity index (χ0n) is 13.1. The Hall–Kier alpha value is -2.01. The molecule has 114 valence electrons. The van der Waals surface area contributed by atoms with E-state index in [2.05, 4.69) is 28.7 Å². The predicted molar refractivity (Wildman–Crippen MR) is 83.0 cm³/mol. The minimum Gasteiger partial charge on any atom is -0.497 e. The van der Waals surface area contributed by atoms with Crippen molar-refractivity contribution in [2.45, 2.75) is 26.4 Å². The summed E-state index contributed by atoms with van der Waals surface area (Å²) in [4.78, 5) is 4.51. The maximum absolute atomic E-state index is 5.53. The Balaban J connectivity index is 2.47. The Labute approximate surface area is 125 Å². The van der Waals surface area contributed by atoms with Gasteiger partial charge in [0.2, 0.25) is 0 Å². The number of aromatic nitrogens is 2. The summed E-state index contributed by atoms with van der Waals surface area (Å²) in [6.45, 7) is 5.92. The maximum Gasteiger partial charge on any atom is 0.130 e. The van der Waals surface area contributed by atoms with Gasteiger partial charge in [-0.3, -0.25) is 0 Å². The first-order valence-corrected chi connectivity index (χ1v) is 7.21. The second kappa shape index (κ2) is 7.13. The molecule has 1 atom stereocenters. The number of nitrogens with zero attached hydrogens (tertiary/aromatic N) is 2. The molecule has 1 N–H and O–H groups in total. The molecule has 0 aliphatic heterocycles. The van der Waals surface area contributed by atoms with Crippen molar-refractivity contribution in [1.82, 2.24) is 14.9 Å². The van der Waals surface area contributed by atoms with Crippen LogP contribution >= 0.6 is 0 Å². The molecule has 5 nitrogen and oxygen atoms in total. The fourth-order valence-corrected chi connectivity index (χ4v) is 2.45. The molecule has 2 aromatic rings.